The van der Waals surface area contributed by atoms with Crippen LogP contribution in [0.1, 0.15) is 22.3 Å². The number of rotatable bonds is 3. The Morgan fingerprint density at radius 1 is 0.458 bits per heavy atom. The van der Waals surface area contributed by atoms with E-state index in [0.29, 0.717) is 0 Å². The van der Waals surface area contributed by atoms with Crippen molar-refractivity contribution in [2.75, 3.05) is 0 Å². The number of hydrogen-bond donors (Lipinski definition) is 0. The Morgan fingerprint density at radius 2 is 0.833 bits per heavy atom. The summed E-state index contributed by atoms with van der Waals surface area (Å²) in [5.74, 6) is -30.1. The fraction of sp³-hybridized carbons (Fsp3) is 0.0667. The van der Waals surface area contributed by atoms with Gasteiger partial charge >= 0.3 is 0 Å². The highest BCUT2D eigenvalue weighted by atomic mass is 19.2. The van der Waals surface area contributed by atoms with Crippen LogP contribution in [0, 0.1) is 120 Å². The maximum atomic E-state index is 15.2. The first-order valence-corrected chi connectivity index (χ1v) is 12.1. The molecule has 0 aliphatic heterocycles. The Labute approximate surface area is 258 Å². The molecule has 2 aliphatic carbocycles. The molecule has 0 spiro atoms. The third-order valence-electron chi connectivity index (χ3n) is 6.95. The second-order valence-corrected chi connectivity index (χ2v) is 9.24. The van der Waals surface area contributed by atoms with Gasteiger partial charge in [-0.2, -0.15) is 31.6 Å². The van der Waals surface area contributed by atoms with Gasteiger partial charge in [-0.15, -0.1) is 0 Å². The molecule has 0 radical (unpaired) electrons. The smallest absolute Gasteiger partial charge is 0.180 e. The number of alkyl halides is 1. The van der Waals surface area contributed by atoms with E-state index in [1.807, 2.05) is 0 Å². The molecule has 2 aromatic carbocycles. The van der Waals surface area contributed by atoms with E-state index < -0.39 is 137 Å². The van der Waals surface area contributed by atoms with Crippen LogP contribution in [0.5, 0.6) is 0 Å². The van der Waals surface area contributed by atoms with Crippen LogP contribution < -0.4 is 0 Å². The highest BCUT2D eigenvalue weighted by Gasteiger charge is 2.50. The Morgan fingerprint density at radius 3 is 1.12 bits per heavy atom. The van der Waals surface area contributed by atoms with Gasteiger partial charge in [0.05, 0.1) is 39.8 Å². The first kappa shape index (κ1) is 34.1. The zero-order chi connectivity index (χ0) is 36.1. The van der Waals surface area contributed by atoms with Crippen LogP contribution in [0.25, 0.3) is 11.1 Å². The lowest BCUT2D eigenvalue weighted by atomic mass is 9.85. The summed E-state index contributed by atoms with van der Waals surface area (Å²) < 4.78 is 178. The minimum atomic E-state index is -3.49. The SMILES string of the molecule is N#CC1=C(F)C(F)C(/C(C#N)=C2/C(=C(C#N)c3c(F)c(F)c(C#N)c(F)c3F)/C2=C(/C#N)c2c(F)c(F)c(C#N)c(F)c2F)C(F)=C1F. The van der Waals surface area contributed by atoms with Gasteiger partial charge in [-0.3, -0.25) is 0 Å². The fourth-order valence-electron chi connectivity index (χ4n) is 4.76. The van der Waals surface area contributed by atoms with Crippen molar-refractivity contribution in [1.82, 2.24) is 0 Å². The largest absolute Gasteiger partial charge is 0.238 e. The minimum Gasteiger partial charge on any atom is -0.238 e. The van der Waals surface area contributed by atoms with Gasteiger partial charge in [0.15, 0.2) is 64.4 Å². The summed E-state index contributed by atoms with van der Waals surface area (Å²) in [7, 11) is 0. The van der Waals surface area contributed by atoms with E-state index in [2.05, 4.69) is 0 Å². The molecule has 2 aromatic rings. The number of allylic oxidation sites excluding steroid dienone is 10. The number of halogens is 12. The van der Waals surface area contributed by atoms with Crippen LogP contribution in [0.4, 0.5) is 52.7 Å². The van der Waals surface area contributed by atoms with Crippen molar-refractivity contribution in [3.8, 4) is 36.4 Å². The molecule has 48 heavy (non-hydrogen) atoms. The average molecular weight is 674 g/mol. The normalized spacial score (nSPS) is 20.1. The van der Waals surface area contributed by atoms with E-state index >= 15 is 26.3 Å². The van der Waals surface area contributed by atoms with Crippen LogP contribution in [0.2, 0.25) is 0 Å². The first-order chi connectivity index (χ1) is 22.6. The molecule has 1 fully saturated rings. The van der Waals surface area contributed by atoms with E-state index in [1.165, 1.54) is 0 Å². The summed E-state index contributed by atoms with van der Waals surface area (Å²) in [5.41, 5.74) is -19.0. The zero-order valence-electron chi connectivity index (χ0n) is 22.4. The third-order valence-corrected chi connectivity index (χ3v) is 6.95. The predicted octanol–water partition coefficient (Wildman–Crippen LogP) is 7.50. The summed E-state index contributed by atoms with van der Waals surface area (Å²) in [5, 5.41) is 56.0. The Bertz CT molecular complexity index is 2170. The van der Waals surface area contributed by atoms with Gasteiger partial charge in [-0.1, -0.05) is 0 Å². The van der Waals surface area contributed by atoms with E-state index in [4.69, 9.17) is 15.8 Å². The van der Waals surface area contributed by atoms with E-state index in [0.717, 1.165) is 36.4 Å². The minimum absolute atomic E-state index is 0.772. The molecule has 0 aromatic heterocycles. The van der Waals surface area contributed by atoms with E-state index in [-0.39, 0.29) is 0 Å². The van der Waals surface area contributed by atoms with Gasteiger partial charge in [0.1, 0.15) is 52.9 Å². The maximum Gasteiger partial charge on any atom is 0.180 e. The summed E-state index contributed by atoms with van der Waals surface area (Å²) in [6.45, 7) is 0. The number of benzene rings is 2. The second-order valence-electron chi connectivity index (χ2n) is 9.24. The maximum absolute atomic E-state index is 15.2. The average Bonchev–Trinajstić information content (AvgIpc) is 3.78. The number of nitrogens with zero attached hydrogens (tertiary/aromatic N) is 6. The number of hydrogen-bond acceptors (Lipinski definition) is 6. The lowest BCUT2D eigenvalue weighted by molar-refractivity contribution is 0.241. The van der Waals surface area contributed by atoms with Crippen LogP contribution in [-0.4, -0.2) is 6.17 Å². The molecular formula is C30H2F12N6. The molecule has 6 nitrogen and oxygen atoms in total. The second kappa shape index (κ2) is 12.2. The van der Waals surface area contributed by atoms with Gasteiger partial charge < -0.3 is 0 Å². The molecule has 0 amide bonds. The standard InChI is InChI=1S/C30H2F12N6/c31-19-10(4-46)20(32)26(38)16(25(19)37)7(1-43)13-14(8(2-44)17-27(39)21(33)11(5-47)22(34)28(17)40)15(13)9(3-45)18-29(41)23(35)12(6-48)24(36)30(18)42/h16,25H/b13-7-,14-8?,15-9-. The molecular weight excluding hydrogens is 672 g/mol. The number of nitriles is 6. The van der Waals surface area contributed by atoms with Gasteiger partial charge in [-0.05, 0) is 0 Å². The molecule has 0 N–H and O–H groups in total. The van der Waals surface area contributed by atoms with Crippen LogP contribution >= 0.6 is 0 Å². The Balaban J connectivity index is 2.31. The highest BCUT2D eigenvalue weighted by molar-refractivity contribution is 6.07. The lowest BCUT2D eigenvalue weighted by Gasteiger charge is -2.22. The molecule has 236 valence electrons. The van der Waals surface area contributed by atoms with Crippen molar-refractivity contribution in [3.63, 3.8) is 0 Å². The van der Waals surface area contributed by atoms with E-state index in [9.17, 15) is 42.1 Å². The van der Waals surface area contributed by atoms with Crippen molar-refractivity contribution in [2.45, 2.75) is 6.17 Å². The van der Waals surface area contributed by atoms with Crippen molar-refractivity contribution in [2.24, 2.45) is 5.92 Å². The zero-order valence-corrected chi connectivity index (χ0v) is 22.4. The lowest BCUT2D eigenvalue weighted by Crippen LogP contribution is -2.25. The molecule has 2 atom stereocenters. The summed E-state index contributed by atoms with van der Waals surface area (Å²) in [6.07, 6.45) is -3.49. The summed E-state index contributed by atoms with van der Waals surface area (Å²) in [4.78, 5) is 0. The topological polar surface area (TPSA) is 143 Å². The van der Waals surface area contributed by atoms with Gasteiger partial charge in [0, 0.05) is 16.7 Å². The quantitative estimate of drug-likeness (QED) is 0.188. The molecule has 0 heterocycles. The van der Waals surface area contributed by atoms with Crippen molar-refractivity contribution >= 4 is 11.1 Å². The van der Waals surface area contributed by atoms with Gasteiger partial charge in [-0.25, -0.2) is 52.7 Å². The first-order valence-electron chi connectivity index (χ1n) is 12.1. The van der Waals surface area contributed by atoms with Crippen LogP contribution in [-0.2, 0) is 0 Å². The van der Waals surface area contributed by atoms with Crippen molar-refractivity contribution in [3.05, 3.63) is 114 Å². The molecule has 2 aliphatic rings. The van der Waals surface area contributed by atoms with Crippen LogP contribution in [0.15, 0.2) is 45.3 Å². The fourth-order valence-corrected chi connectivity index (χ4v) is 4.76. The molecule has 4 rings (SSSR count). The summed E-state index contributed by atoms with van der Waals surface area (Å²) in [6, 6.07) is 5.30. The molecule has 0 bridgehead atoms. The predicted molar refractivity (Wildman–Crippen MR) is 131 cm³/mol. The van der Waals surface area contributed by atoms with Crippen molar-refractivity contribution in [1.29, 1.82) is 31.6 Å². The molecule has 1 saturated carbocycles. The van der Waals surface area contributed by atoms with E-state index in [1.54, 1.807) is 0 Å². The van der Waals surface area contributed by atoms with Gasteiger partial charge in [0.25, 0.3) is 0 Å². The molecule has 2 unspecified atom stereocenters. The third kappa shape index (κ3) is 4.64. The molecule has 18 heteroatoms. The van der Waals surface area contributed by atoms with Gasteiger partial charge in [0.2, 0.25) is 0 Å². The Kier molecular flexibility index (Phi) is 8.68. The summed E-state index contributed by atoms with van der Waals surface area (Å²) >= 11 is 0. The highest BCUT2D eigenvalue weighted by Crippen LogP contribution is 2.58. The van der Waals surface area contributed by atoms with Crippen LogP contribution in [0.3, 0.4) is 0 Å². The van der Waals surface area contributed by atoms with Crippen molar-refractivity contribution < 1.29 is 52.7 Å². The molecule has 0 saturated heterocycles. The Hall–Kier alpha value is -6.76. The monoisotopic (exact) mass is 674 g/mol.